The van der Waals surface area contributed by atoms with Crippen LogP contribution in [0.5, 0.6) is 0 Å². The third-order valence-electron chi connectivity index (χ3n) is 3.59. The van der Waals surface area contributed by atoms with Gasteiger partial charge in [-0.05, 0) is 42.5 Å². The second-order valence-electron chi connectivity index (χ2n) is 5.48. The van der Waals surface area contributed by atoms with Crippen LogP contribution in [0.15, 0.2) is 58.1 Å². The summed E-state index contributed by atoms with van der Waals surface area (Å²) in [4.78, 5) is 26.7. The van der Waals surface area contributed by atoms with E-state index in [0.717, 1.165) is 11.3 Å². The third kappa shape index (κ3) is 4.16. The van der Waals surface area contributed by atoms with Gasteiger partial charge in [0.25, 0.3) is 5.56 Å². The van der Waals surface area contributed by atoms with Gasteiger partial charge in [-0.1, -0.05) is 5.21 Å². The number of rotatable bonds is 4. The molecule has 3 aromatic heterocycles. The van der Waals surface area contributed by atoms with Crippen molar-refractivity contribution in [1.29, 1.82) is 0 Å². The molecule has 0 amide bonds. The van der Waals surface area contributed by atoms with Crippen LogP contribution in [0.2, 0.25) is 0 Å². The summed E-state index contributed by atoms with van der Waals surface area (Å²) in [6.07, 6.45) is 5.88. The van der Waals surface area contributed by atoms with Crippen LogP contribution in [0.25, 0.3) is 17.8 Å². The minimum Gasteiger partial charge on any atom is -0.461 e. The maximum atomic E-state index is 13.0. The standard InChI is InChI=1S/C18H11FN4O3S.ClH/c19-11-3-5-13(6-4-11)23-10-12(21-22-23)8-16-18(25)20-17(27-16)9-14(24)15-2-1-7-26-15;/h1-10H,(H,20,25);1H/b16-8+,17-9-;. The number of hydrogen-bond acceptors (Lipinski definition) is 6. The van der Waals surface area contributed by atoms with E-state index >= 15 is 0 Å². The zero-order valence-electron chi connectivity index (χ0n) is 14.0. The Morgan fingerprint density at radius 1 is 1.25 bits per heavy atom. The van der Waals surface area contributed by atoms with Crippen LogP contribution in [0.4, 0.5) is 4.39 Å². The second kappa shape index (κ2) is 8.15. The molecule has 10 heteroatoms. The highest BCUT2D eigenvalue weighted by atomic mass is 35.5. The molecule has 0 saturated heterocycles. The number of benzene rings is 1. The lowest BCUT2D eigenvalue weighted by atomic mass is 10.3. The van der Waals surface area contributed by atoms with Gasteiger partial charge in [0.15, 0.2) is 5.76 Å². The number of thiazole rings is 1. The van der Waals surface area contributed by atoms with Gasteiger partial charge in [0, 0.05) is 6.08 Å². The van der Waals surface area contributed by atoms with Gasteiger partial charge in [-0.15, -0.1) is 28.8 Å². The lowest BCUT2D eigenvalue weighted by molar-refractivity contribution is 0.103. The molecule has 0 atom stereocenters. The van der Waals surface area contributed by atoms with Crippen LogP contribution in [0.1, 0.15) is 16.2 Å². The number of nitrogens with one attached hydrogen (secondary N) is 1. The fourth-order valence-corrected chi connectivity index (χ4v) is 3.20. The molecule has 3 heterocycles. The van der Waals surface area contributed by atoms with E-state index in [2.05, 4.69) is 15.3 Å². The van der Waals surface area contributed by atoms with Crippen molar-refractivity contribution < 1.29 is 13.6 Å². The molecule has 1 N–H and O–H groups in total. The van der Waals surface area contributed by atoms with E-state index in [0.29, 0.717) is 20.6 Å². The van der Waals surface area contributed by atoms with Crippen LogP contribution >= 0.6 is 23.7 Å². The van der Waals surface area contributed by atoms with E-state index in [-0.39, 0.29) is 35.3 Å². The molecular formula is C18H12ClFN4O3S. The highest BCUT2D eigenvalue weighted by Gasteiger charge is 2.06. The Labute approximate surface area is 166 Å². The molecule has 0 aliphatic carbocycles. The SMILES string of the molecule is Cl.O=C(/C=c1/[nH]c(=O)/c(=C\c2cn(-c3ccc(F)cc3)nn2)s1)c1ccco1. The predicted molar refractivity (Wildman–Crippen MR) is 104 cm³/mol. The Hall–Kier alpha value is -3.30. The number of ketones is 1. The number of nitrogens with zero attached hydrogens (tertiary/aromatic N) is 3. The average Bonchev–Trinajstić information content (AvgIpc) is 3.39. The predicted octanol–water partition coefficient (Wildman–Crippen LogP) is 1.66. The van der Waals surface area contributed by atoms with Crippen molar-refractivity contribution in [2.45, 2.75) is 0 Å². The van der Waals surface area contributed by atoms with E-state index in [4.69, 9.17) is 4.42 Å². The number of furan rings is 1. The Kier molecular flexibility index (Phi) is 5.67. The normalized spacial score (nSPS) is 12.2. The van der Waals surface area contributed by atoms with Crippen LogP contribution < -0.4 is 14.8 Å². The number of carbonyl (C=O) groups is 1. The summed E-state index contributed by atoms with van der Waals surface area (Å²) in [5.41, 5.74) is 0.757. The maximum Gasteiger partial charge on any atom is 0.266 e. The summed E-state index contributed by atoms with van der Waals surface area (Å²) in [6.45, 7) is 0. The van der Waals surface area contributed by atoms with Gasteiger partial charge in [0.05, 0.1) is 27.3 Å². The summed E-state index contributed by atoms with van der Waals surface area (Å²) >= 11 is 1.12. The fraction of sp³-hybridized carbons (Fsp3) is 0. The topological polar surface area (TPSA) is 93.8 Å². The summed E-state index contributed by atoms with van der Waals surface area (Å²) in [5.74, 6) is -0.494. The minimum atomic E-state index is -0.344. The molecule has 0 aliphatic rings. The summed E-state index contributed by atoms with van der Waals surface area (Å²) in [6, 6.07) is 8.94. The molecule has 0 aliphatic heterocycles. The highest BCUT2D eigenvalue weighted by molar-refractivity contribution is 7.07. The number of carbonyl (C=O) groups excluding carboxylic acids is 1. The van der Waals surface area contributed by atoms with Crippen LogP contribution in [0.3, 0.4) is 0 Å². The number of hydrogen-bond donors (Lipinski definition) is 1. The van der Waals surface area contributed by atoms with Gasteiger partial charge in [0.2, 0.25) is 5.78 Å². The number of Topliss-reactive ketones (excluding diaryl/α,β-unsaturated/α-hetero) is 1. The van der Waals surface area contributed by atoms with E-state index < -0.39 is 0 Å². The van der Waals surface area contributed by atoms with Gasteiger partial charge in [0.1, 0.15) is 11.5 Å². The number of H-pyrrole nitrogens is 1. The van der Waals surface area contributed by atoms with Crippen LogP contribution in [0, 0.1) is 5.82 Å². The van der Waals surface area contributed by atoms with E-state index in [1.165, 1.54) is 29.2 Å². The van der Waals surface area contributed by atoms with E-state index in [1.54, 1.807) is 36.5 Å². The Morgan fingerprint density at radius 3 is 2.75 bits per heavy atom. The van der Waals surface area contributed by atoms with E-state index in [9.17, 15) is 14.0 Å². The molecule has 28 heavy (non-hydrogen) atoms. The Morgan fingerprint density at radius 2 is 2.04 bits per heavy atom. The zero-order valence-corrected chi connectivity index (χ0v) is 15.7. The van der Waals surface area contributed by atoms with Crippen molar-refractivity contribution in [1.82, 2.24) is 20.0 Å². The summed E-state index contributed by atoms with van der Waals surface area (Å²) in [7, 11) is 0. The molecular weight excluding hydrogens is 407 g/mol. The van der Waals surface area contributed by atoms with E-state index in [1.807, 2.05) is 0 Å². The lowest BCUT2D eigenvalue weighted by Gasteiger charge is -1.97. The smallest absolute Gasteiger partial charge is 0.266 e. The average molecular weight is 419 g/mol. The first-order valence-corrected chi connectivity index (χ1v) is 8.59. The van der Waals surface area contributed by atoms with Crippen molar-refractivity contribution in [3.8, 4) is 5.69 Å². The van der Waals surface area contributed by atoms with Crippen molar-refractivity contribution >= 4 is 41.7 Å². The number of aromatic nitrogens is 4. The van der Waals surface area contributed by atoms with Crippen molar-refractivity contribution in [3.05, 3.63) is 85.7 Å². The molecule has 142 valence electrons. The molecule has 0 saturated carbocycles. The maximum absolute atomic E-state index is 13.0. The third-order valence-corrected chi connectivity index (χ3v) is 4.55. The van der Waals surface area contributed by atoms with Gasteiger partial charge in [-0.25, -0.2) is 9.07 Å². The molecule has 0 unspecified atom stereocenters. The molecule has 0 radical (unpaired) electrons. The van der Waals surface area contributed by atoms with Crippen LogP contribution in [-0.2, 0) is 0 Å². The van der Waals surface area contributed by atoms with Gasteiger partial charge in [-0.3, -0.25) is 9.59 Å². The Bertz CT molecular complexity index is 1270. The Balaban J connectivity index is 0.00000225. The number of halogens is 2. The number of aromatic amines is 1. The monoisotopic (exact) mass is 418 g/mol. The second-order valence-corrected chi connectivity index (χ2v) is 6.56. The molecule has 1 aromatic carbocycles. The first-order chi connectivity index (χ1) is 13.1. The van der Waals surface area contributed by atoms with Crippen molar-refractivity contribution in [2.24, 2.45) is 0 Å². The first-order valence-electron chi connectivity index (χ1n) is 7.77. The summed E-state index contributed by atoms with van der Waals surface area (Å²) < 4.78 is 20.3. The largest absolute Gasteiger partial charge is 0.461 e. The van der Waals surface area contributed by atoms with Crippen molar-refractivity contribution in [2.75, 3.05) is 0 Å². The quantitative estimate of drug-likeness (QED) is 0.509. The van der Waals surface area contributed by atoms with Gasteiger partial charge >= 0.3 is 0 Å². The molecule has 0 bridgehead atoms. The molecule has 7 nitrogen and oxygen atoms in total. The summed E-state index contributed by atoms with van der Waals surface area (Å²) in [5, 5.41) is 7.95. The highest BCUT2D eigenvalue weighted by Crippen LogP contribution is 2.08. The fourth-order valence-electron chi connectivity index (χ4n) is 2.33. The van der Waals surface area contributed by atoms with Gasteiger partial charge < -0.3 is 9.40 Å². The molecule has 4 rings (SSSR count). The van der Waals surface area contributed by atoms with Gasteiger partial charge in [-0.2, -0.15) is 0 Å². The molecule has 0 spiro atoms. The first kappa shape index (κ1) is 19.5. The van der Waals surface area contributed by atoms with Crippen molar-refractivity contribution in [3.63, 3.8) is 0 Å². The molecule has 0 fully saturated rings. The molecule has 4 aromatic rings. The zero-order chi connectivity index (χ0) is 18.8. The lowest BCUT2D eigenvalue weighted by Crippen LogP contribution is -2.20. The minimum absolute atomic E-state index is 0. The van der Waals surface area contributed by atoms with Crippen LogP contribution in [-0.4, -0.2) is 25.8 Å².